The van der Waals surface area contributed by atoms with E-state index in [9.17, 15) is 0 Å². The van der Waals surface area contributed by atoms with E-state index in [2.05, 4.69) is 110 Å². The van der Waals surface area contributed by atoms with Crippen LogP contribution in [0.1, 0.15) is 41.5 Å². The van der Waals surface area contributed by atoms with Gasteiger partial charge >= 0.3 is 0 Å². The number of nitrogens with two attached hydrogens (primary N) is 2. The largest absolute Gasteiger partial charge is 0.383 e. The molecule has 0 saturated heterocycles. The second kappa shape index (κ2) is 11.4. The second-order valence-corrected chi connectivity index (χ2v) is 13.8. The fourth-order valence-corrected chi connectivity index (χ4v) is 6.13. The number of hydrogen-bond donors (Lipinski definition) is 2. The molecule has 48 heavy (non-hydrogen) atoms. The Morgan fingerprint density at radius 2 is 0.854 bits per heavy atom. The highest BCUT2D eigenvalue weighted by Crippen LogP contribution is 2.37. The van der Waals surface area contributed by atoms with Gasteiger partial charge in [0.25, 0.3) is 0 Å². The lowest BCUT2D eigenvalue weighted by atomic mass is 10.0. The van der Waals surface area contributed by atoms with E-state index in [1.165, 1.54) is 23.4 Å². The minimum atomic E-state index is -0.206. The van der Waals surface area contributed by atoms with Crippen LogP contribution in [0.5, 0.6) is 0 Å². The minimum Gasteiger partial charge on any atom is -0.383 e. The molecule has 0 fully saturated rings. The molecule has 0 atom stereocenters. The van der Waals surface area contributed by atoms with Crippen molar-refractivity contribution in [2.24, 2.45) is 0 Å². The Bertz CT molecular complexity index is 2280. The van der Waals surface area contributed by atoms with E-state index >= 15 is 0 Å². The predicted octanol–water partition coefficient (Wildman–Crippen LogP) is 7.97. The zero-order chi connectivity index (χ0) is 33.8. The number of nitrogens with zero attached hydrogens (tertiary/aromatic N) is 8. The fourth-order valence-electron chi connectivity index (χ4n) is 6.13. The number of hydrogen-bond acceptors (Lipinski definition) is 8. The van der Waals surface area contributed by atoms with Crippen LogP contribution in [-0.4, -0.2) is 39.5 Å². The van der Waals surface area contributed by atoms with Crippen molar-refractivity contribution in [3.8, 4) is 22.5 Å². The van der Waals surface area contributed by atoms with Crippen molar-refractivity contribution in [1.82, 2.24) is 39.5 Å². The number of nitrogen functional groups attached to an aromatic ring is 2. The smallest absolute Gasteiger partial charge is 0.164 e. The van der Waals surface area contributed by atoms with Crippen molar-refractivity contribution < 1.29 is 0 Å². The van der Waals surface area contributed by atoms with Gasteiger partial charge in [-0.15, -0.1) is 0 Å². The van der Waals surface area contributed by atoms with E-state index in [0.717, 1.165) is 55.4 Å². The first-order valence-electron chi connectivity index (χ1n) is 15.9. The molecule has 8 rings (SSSR count). The molecule has 4 aromatic carbocycles. The van der Waals surface area contributed by atoms with E-state index in [1.807, 2.05) is 45.8 Å². The maximum absolute atomic E-state index is 6.19. The average molecular weight is 635 g/mol. The number of anilines is 2. The summed E-state index contributed by atoms with van der Waals surface area (Å²) >= 11 is 0. The molecule has 0 unspecified atom stereocenters. The monoisotopic (exact) mass is 634 g/mol. The standard InChI is InChI=1S/2C19H19N5/c2*1-19(2,3)24-18-15(17(20)21-11-22-18)16(23-24)14-10-6-8-12-7-4-5-9-13(12)14/h2*4-11H,1-3H3,(H2,20,21,22). The van der Waals surface area contributed by atoms with E-state index in [-0.39, 0.29) is 11.1 Å². The predicted molar refractivity (Wildman–Crippen MR) is 195 cm³/mol. The van der Waals surface area contributed by atoms with Crippen LogP contribution in [0.2, 0.25) is 0 Å². The summed E-state index contributed by atoms with van der Waals surface area (Å²) in [6, 6.07) is 29.0. The summed E-state index contributed by atoms with van der Waals surface area (Å²) in [5, 5.41) is 16.0. The van der Waals surface area contributed by atoms with Gasteiger partial charge in [0.05, 0.1) is 21.9 Å². The van der Waals surface area contributed by atoms with Gasteiger partial charge in [-0.05, 0) is 63.1 Å². The van der Waals surface area contributed by atoms with Crippen LogP contribution in [0.15, 0.2) is 97.6 Å². The lowest BCUT2D eigenvalue weighted by Crippen LogP contribution is -2.23. The number of fused-ring (bicyclic) bond motifs is 4. The number of aromatic nitrogens is 8. The highest BCUT2D eigenvalue weighted by molar-refractivity contribution is 6.07. The van der Waals surface area contributed by atoms with Crippen molar-refractivity contribution >= 4 is 55.2 Å². The minimum absolute atomic E-state index is 0.206. The Labute approximate surface area is 278 Å². The Hall–Kier alpha value is -5.90. The third-order valence-electron chi connectivity index (χ3n) is 8.35. The van der Waals surface area contributed by atoms with Gasteiger partial charge in [0.1, 0.15) is 35.7 Å². The lowest BCUT2D eigenvalue weighted by Gasteiger charge is -2.19. The zero-order valence-corrected chi connectivity index (χ0v) is 28.0. The summed E-state index contributed by atoms with van der Waals surface area (Å²) < 4.78 is 3.86. The maximum atomic E-state index is 6.19. The van der Waals surface area contributed by atoms with Gasteiger partial charge in [-0.2, -0.15) is 10.2 Å². The summed E-state index contributed by atoms with van der Waals surface area (Å²) in [6.07, 6.45) is 2.99. The van der Waals surface area contributed by atoms with Crippen LogP contribution in [0.3, 0.4) is 0 Å². The normalized spacial score (nSPS) is 12.1. The van der Waals surface area contributed by atoms with Crippen molar-refractivity contribution in [1.29, 1.82) is 0 Å². The topological polar surface area (TPSA) is 139 Å². The van der Waals surface area contributed by atoms with Crippen LogP contribution in [0, 0.1) is 0 Å². The molecule has 4 heterocycles. The molecule has 240 valence electrons. The van der Waals surface area contributed by atoms with Gasteiger partial charge in [-0.25, -0.2) is 29.3 Å². The van der Waals surface area contributed by atoms with Gasteiger partial charge in [0, 0.05) is 11.1 Å². The molecule has 0 aliphatic heterocycles. The van der Waals surface area contributed by atoms with Crippen LogP contribution in [0.25, 0.3) is 66.1 Å². The number of rotatable bonds is 2. The molecule has 4 aromatic heterocycles. The maximum Gasteiger partial charge on any atom is 0.164 e. The van der Waals surface area contributed by atoms with Crippen LogP contribution in [0.4, 0.5) is 11.6 Å². The van der Waals surface area contributed by atoms with E-state index < -0.39 is 0 Å². The highest BCUT2D eigenvalue weighted by Gasteiger charge is 2.26. The molecule has 0 amide bonds. The van der Waals surface area contributed by atoms with Gasteiger partial charge in [0.15, 0.2) is 11.3 Å². The quantitative estimate of drug-likeness (QED) is 0.195. The average Bonchev–Trinajstić information content (AvgIpc) is 3.66. The molecular formula is C38H38N10. The zero-order valence-electron chi connectivity index (χ0n) is 28.0. The van der Waals surface area contributed by atoms with Crippen LogP contribution in [-0.2, 0) is 11.1 Å². The summed E-state index contributed by atoms with van der Waals surface area (Å²) in [5.41, 5.74) is 17.2. The number of benzene rings is 4. The molecule has 0 spiro atoms. The molecule has 0 radical (unpaired) electrons. The first-order valence-corrected chi connectivity index (χ1v) is 15.9. The van der Waals surface area contributed by atoms with Crippen molar-refractivity contribution in [2.45, 2.75) is 52.6 Å². The van der Waals surface area contributed by atoms with E-state index in [4.69, 9.17) is 21.7 Å². The molecular weight excluding hydrogens is 596 g/mol. The van der Waals surface area contributed by atoms with Gasteiger partial charge < -0.3 is 11.5 Å². The summed E-state index contributed by atoms with van der Waals surface area (Å²) in [5.74, 6) is 0.914. The van der Waals surface area contributed by atoms with Crippen molar-refractivity contribution in [2.75, 3.05) is 11.5 Å². The molecule has 0 aliphatic carbocycles. The summed E-state index contributed by atoms with van der Waals surface area (Å²) in [6.45, 7) is 12.6. The second-order valence-electron chi connectivity index (χ2n) is 13.8. The fraction of sp³-hybridized carbons (Fsp3) is 0.211. The SMILES string of the molecule is CC(C)(C)n1nc(-c2cccc3ccccc23)c2c(N)ncnc21.CC(C)(C)n1nc(-c2cccc3ccccc23)c2c(N)ncnc21. The first kappa shape index (κ1) is 30.7. The Morgan fingerprint density at radius 3 is 1.25 bits per heavy atom. The Morgan fingerprint density at radius 1 is 0.479 bits per heavy atom. The Kier molecular flexibility index (Phi) is 7.31. The molecule has 4 N–H and O–H groups in total. The third kappa shape index (κ3) is 5.25. The first-order chi connectivity index (χ1) is 22.9. The molecule has 10 heteroatoms. The van der Waals surface area contributed by atoms with E-state index in [0.29, 0.717) is 11.6 Å². The molecule has 0 aliphatic rings. The molecule has 8 aromatic rings. The van der Waals surface area contributed by atoms with E-state index in [1.54, 1.807) is 0 Å². The van der Waals surface area contributed by atoms with Gasteiger partial charge in [-0.1, -0.05) is 84.9 Å². The summed E-state index contributed by atoms with van der Waals surface area (Å²) in [4.78, 5) is 17.3. The highest BCUT2D eigenvalue weighted by atomic mass is 15.4. The molecule has 10 nitrogen and oxygen atoms in total. The van der Waals surface area contributed by atoms with Gasteiger partial charge in [0.2, 0.25) is 0 Å². The lowest BCUT2D eigenvalue weighted by molar-refractivity contribution is 0.366. The summed E-state index contributed by atoms with van der Waals surface area (Å²) in [7, 11) is 0. The van der Waals surface area contributed by atoms with Crippen LogP contribution >= 0.6 is 0 Å². The molecule has 0 bridgehead atoms. The molecule has 0 saturated carbocycles. The van der Waals surface area contributed by atoms with Crippen molar-refractivity contribution in [3.63, 3.8) is 0 Å². The van der Waals surface area contributed by atoms with Gasteiger partial charge in [-0.3, -0.25) is 0 Å². The third-order valence-corrected chi connectivity index (χ3v) is 8.35. The van der Waals surface area contributed by atoms with Crippen molar-refractivity contribution in [3.05, 3.63) is 97.6 Å². The Balaban J connectivity index is 0.000000152. The van der Waals surface area contributed by atoms with Crippen LogP contribution < -0.4 is 11.5 Å².